The first-order valence-electron chi connectivity index (χ1n) is 2.31. The van der Waals surface area contributed by atoms with E-state index in [2.05, 4.69) is 10.8 Å². The summed E-state index contributed by atoms with van der Waals surface area (Å²) in [6.07, 6.45) is 0. The molecule has 9 heavy (non-hydrogen) atoms. The van der Waals surface area contributed by atoms with Gasteiger partial charge in [0, 0.05) is 0 Å². The smallest absolute Gasteiger partial charge is 0.332 e. The van der Waals surface area contributed by atoms with Gasteiger partial charge in [0.1, 0.15) is 6.67 Å². The molecule has 0 aromatic rings. The van der Waals surface area contributed by atoms with E-state index in [0.29, 0.717) is 0 Å². The minimum absolute atomic E-state index is 0.189. The van der Waals surface area contributed by atoms with Crippen LogP contribution in [-0.4, -0.2) is 18.4 Å². The average molecular weight is 133 g/mol. The number of alkyl halides is 1. The van der Waals surface area contributed by atoms with Crippen molar-refractivity contribution in [3.63, 3.8) is 0 Å². The van der Waals surface area contributed by atoms with Gasteiger partial charge in [0.25, 0.3) is 0 Å². The van der Waals surface area contributed by atoms with E-state index >= 15 is 0 Å². The van der Waals surface area contributed by atoms with E-state index in [1.165, 1.54) is 6.92 Å². The van der Waals surface area contributed by atoms with Gasteiger partial charge in [-0.15, -0.1) is 0 Å². The van der Waals surface area contributed by atoms with Gasteiger partial charge in [0.15, 0.2) is 0 Å². The van der Waals surface area contributed by atoms with Crippen molar-refractivity contribution in [2.75, 3.05) is 6.67 Å². The van der Waals surface area contributed by atoms with Crippen LogP contribution in [-0.2, 0) is 0 Å². The molecule has 4 nitrogen and oxygen atoms in total. The second kappa shape index (κ2) is 3.82. The molecule has 3 N–H and O–H groups in total. The zero-order valence-electron chi connectivity index (χ0n) is 5.02. The highest BCUT2D eigenvalue weighted by Crippen LogP contribution is 1.74. The van der Waals surface area contributed by atoms with E-state index in [1.54, 1.807) is 0 Å². The summed E-state index contributed by atoms with van der Waals surface area (Å²) in [7, 11) is 0. The van der Waals surface area contributed by atoms with Crippen LogP contribution in [0.15, 0.2) is 5.10 Å². The Kier molecular flexibility index (Phi) is 3.34. The zero-order chi connectivity index (χ0) is 7.28. The van der Waals surface area contributed by atoms with Crippen LogP contribution < -0.4 is 11.2 Å². The number of carbonyl (C=O) groups is 1. The number of nitrogens with zero attached hydrogens (tertiary/aromatic N) is 1. The molecule has 0 fully saturated rings. The third-order valence-electron chi connectivity index (χ3n) is 0.550. The molecule has 0 saturated heterocycles. The summed E-state index contributed by atoms with van der Waals surface area (Å²) >= 11 is 0. The average Bonchev–Trinajstić information content (AvgIpc) is 1.83. The number of hydrogen-bond acceptors (Lipinski definition) is 2. The van der Waals surface area contributed by atoms with Gasteiger partial charge < -0.3 is 5.73 Å². The van der Waals surface area contributed by atoms with Crippen LogP contribution in [0.5, 0.6) is 0 Å². The van der Waals surface area contributed by atoms with Gasteiger partial charge in [-0.2, -0.15) is 5.10 Å². The second-order valence-corrected chi connectivity index (χ2v) is 1.46. The van der Waals surface area contributed by atoms with Crippen LogP contribution in [0, 0.1) is 0 Å². The largest absolute Gasteiger partial charge is 0.350 e. The Bertz CT molecular complexity index is 134. The molecule has 0 aromatic carbocycles. The fraction of sp³-hybridized carbons (Fsp3) is 0.500. The number of halogens is 1. The number of amides is 2. The van der Waals surface area contributed by atoms with Crippen LogP contribution >= 0.6 is 0 Å². The summed E-state index contributed by atoms with van der Waals surface area (Å²) in [5, 5.41) is 3.26. The third-order valence-corrected chi connectivity index (χ3v) is 0.550. The molecule has 0 radical (unpaired) electrons. The van der Waals surface area contributed by atoms with Gasteiger partial charge in [0.2, 0.25) is 0 Å². The molecule has 0 spiro atoms. The molecule has 0 aliphatic rings. The fourth-order valence-electron chi connectivity index (χ4n) is 0.180. The van der Waals surface area contributed by atoms with E-state index < -0.39 is 12.7 Å². The number of nitrogens with one attached hydrogen (secondary N) is 1. The lowest BCUT2D eigenvalue weighted by atomic mass is 10.5. The lowest BCUT2D eigenvalue weighted by Gasteiger charge is -1.92. The molecule has 0 aliphatic heterocycles. The predicted molar refractivity (Wildman–Crippen MR) is 31.8 cm³/mol. The molecule has 52 valence electrons. The van der Waals surface area contributed by atoms with Gasteiger partial charge in [-0.05, 0) is 6.92 Å². The van der Waals surface area contributed by atoms with Crippen LogP contribution in [0.3, 0.4) is 0 Å². The van der Waals surface area contributed by atoms with E-state index in [0.717, 1.165) is 0 Å². The van der Waals surface area contributed by atoms with Gasteiger partial charge >= 0.3 is 6.03 Å². The molecule has 0 aliphatic carbocycles. The van der Waals surface area contributed by atoms with Crippen molar-refractivity contribution >= 4 is 11.7 Å². The van der Waals surface area contributed by atoms with Crippen LogP contribution in [0.25, 0.3) is 0 Å². The van der Waals surface area contributed by atoms with Gasteiger partial charge in [-0.1, -0.05) is 0 Å². The molecule has 0 unspecified atom stereocenters. The van der Waals surface area contributed by atoms with Crippen LogP contribution in [0.1, 0.15) is 6.92 Å². The van der Waals surface area contributed by atoms with E-state index in [4.69, 9.17) is 0 Å². The molecule has 0 bridgehead atoms. The number of hydrazone groups is 1. The zero-order valence-corrected chi connectivity index (χ0v) is 5.02. The molecule has 0 rings (SSSR count). The minimum atomic E-state index is -0.789. The molecule has 0 atom stereocenters. The summed E-state index contributed by atoms with van der Waals surface area (Å²) in [5.41, 5.74) is 6.69. The van der Waals surface area contributed by atoms with E-state index in [1.807, 2.05) is 5.43 Å². The number of hydrogen-bond donors (Lipinski definition) is 2. The van der Waals surface area contributed by atoms with Gasteiger partial charge in [-0.25, -0.2) is 14.6 Å². The predicted octanol–water partition coefficient (Wildman–Crippen LogP) is 0.000100. The second-order valence-electron chi connectivity index (χ2n) is 1.46. The monoisotopic (exact) mass is 133 g/mol. The van der Waals surface area contributed by atoms with Crippen molar-refractivity contribution in [1.82, 2.24) is 5.43 Å². The van der Waals surface area contributed by atoms with Crippen LogP contribution in [0.2, 0.25) is 0 Å². The normalized spacial score (nSPS) is 11.1. The summed E-state index contributed by atoms with van der Waals surface area (Å²) in [4.78, 5) is 9.90. The summed E-state index contributed by atoms with van der Waals surface area (Å²) < 4.78 is 11.5. The molecule has 5 heteroatoms. The molecular weight excluding hydrogens is 125 g/mol. The van der Waals surface area contributed by atoms with Crippen molar-refractivity contribution in [3.8, 4) is 0 Å². The first-order chi connectivity index (χ1) is 4.16. The molecular formula is C4H8FN3O. The summed E-state index contributed by atoms with van der Waals surface area (Å²) in [5.74, 6) is 0. The van der Waals surface area contributed by atoms with Gasteiger partial charge in [-0.3, -0.25) is 0 Å². The topological polar surface area (TPSA) is 67.5 Å². The lowest BCUT2D eigenvalue weighted by Crippen LogP contribution is -2.25. The highest BCUT2D eigenvalue weighted by atomic mass is 19.1. The molecule has 0 aromatic heterocycles. The first-order valence-corrected chi connectivity index (χ1v) is 2.31. The SMILES string of the molecule is C/C(CF)=N\NC(N)=O. The number of carbonyl (C=O) groups excluding carboxylic acids is 1. The maximum Gasteiger partial charge on any atom is 0.332 e. The van der Waals surface area contributed by atoms with Crippen LogP contribution in [0.4, 0.5) is 9.18 Å². The fourth-order valence-corrected chi connectivity index (χ4v) is 0.180. The Morgan fingerprint density at radius 3 is 2.78 bits per heavy atom. The highest BCUT2D eigenvalue weighted by Gasteiger charge is 1.88. The third kappa shape index (κ3) is 4.73. The lowest BCUT2D eigenvalue weighted by molar-refractivity contribution is 0.249. The van der Waals surface area contributed by atoms with Crippen molar-refractivity contribution in [1.29, 1.82) is 0 Å². The Labute approximate surface area is 51.9 Å². The van der Waals surface area contributed by atoms with Crippen molar-refractivity contribution in [2.24, 2.45) is 10.8 Å². The van der Waals surface area contributed by atoms with E-state index in [9.17, 15) is 9.18 Å². The standard InChI is InChI=1S/C4H8FN3O/c1-3(2-5)7-8-4(6)9/h2H2,1H3,(H3,6,8,9)/b7-3+. The number of rotatable bonds is 2. The summed E-state index contributed by atoms with van der Waals surface area (Å²) in [6.45, 7) is 0.760. The Balaban J connectivity index is 3.56. The highest BCUT2D eigenvalue weighted by molar-refractivity contribution is 5.84. The molecule has 2 amide bonds. The van der Waals surface area contributed by atoms with Crippen molar-refractivity contribution in [2.45, 2.75) is 6.92 Å². The molecule has 0 heterocycles. The molecule has 0 saturated carbocycles. The maximum atomic E-state index is 11.5. The Hall–Kier alpha value is -1.13. The van der Waals surface area contributed by atoms with Crippen molar-refractivity contribution in [3.05, 3.63) is 0 Å². The van der Waals surface area contributed by atoms with Gasteiger partial charge in [0.05, 0.1) is 5.71 Å². The van der Waals surface area contributed by atoms with Crippen molar-refractivity contribution < 1.29 is 9.18 Å². The summed E-state index contributed by atoms with van der Waals surface area (Å²) in [6, 6.07) is -0.789. The minimum Gasteiger partial charge on any atom is -0.350 e. The quantitative estimate of drug-likeness (QED) is 0.404. The Morgan fingerprint density at radius 2 is 2.44 bits per heavy atom. The Morgan fingerprint density at radius 1 is 1.89 bits per heavy atom. The maximum absolute atomic E-state index is 11.5. The number of urea groups is 1. The first kappa shape index (κ1) is 7.87. The number of primary amides is 1. The number of nitrogens with two attached hydrogens (primary N) is 1. The van der Waals surface area contributed by atoms with E-state index in [-0.39, 0.29) is 5.71 Å².